The number of rotatable bonds is 5. The van der Waals surface area contributed by atoms with Gasteiger partial charge in [0.1, 0.15) is 17.8 Å². The van der Waals surface area contributed by atoms with Gasteiger partial charge < -0.3 is 10.6 Å². The summed E-state index contributed by atoms with van der Waals surface area (Å²) >= 11 is 6.07. The number of carbonyl (C=O) groups is 1. The van der Waals surface area contributed by atoms with Gasteiger partial charge in [0.15, 0.2) is 17.5 Å². The lowest BCUT2D eigenvalue weighted by Gasteiger charge is -2.09. The van der Waals surface area contributed by atoms with Gasteiger partial charge in [-0.2, -0.15) is 0 Å². The Hall–Kier alpha value is -3.13. The third-order valence-corrected chi connectivity index (χ3v) is 3.97. The molecule has 1 aromatic heterocycles. The molecule has 27 heavy (non-hydrogen) atoms. The molecule has 0 aliphatic heterocycles. The van der Waals surface area contributed by atoms with Crippen molar-refractivity contribution in [2.45, 2.75) is 6.54 Å². The minimum absolute atomic E-state index is 0.0872. The zero-order valence-corrected chi connectivity index (χ0v) is 14.4. The molecule has 0 saturated heterocycles. The highest BCUT2D eigenvalue weighted by Crippen LogP contribution is 2.20. The molecular weight excluding hydrogens is 381 g/mol. The Labute approximate surface area is 157 Å². The molecule has 0 spiro atoms. The van der Waals surface area contributed by atoms with Crippen molar-refractivity contribution in [3.63, 3.8) is 0 Å². The SMILES string of the molecule is O=C(Nc1ccc(F)c(F)c1F)c1cc(NCc2ccccc2Cl)ncn1. The van der Waals surface area contributed by atoms with Crippen molar-refractivity contribution in [1.29, 1.82) is 0 Å². The number of anilines is 2. The van der Waals surface area contributed by atoms with E-state index in [9.17, 15) is 18.0 Å². The smallest absolute Gasteiger partial charge is 0.274 e. The number of carbonyl (C=O) groups excluding carboxylic acids is 1. The van der Waals surface area contributed by atoms with Gasteiger partial charge in [0.05, 0.1) is 5.69 Å². The predicted molar refractivity (Wildman–Crippen MR) is 95.1 cm³/mol. The highest BCUT2D eigenvalue weighted by molar-refractivity contribution is 6.31. The fourth-order valence-electron chi connectivity index (χ4n) is 2.21. The van der Waals surface area contributed by atoms with E-state index in [0.717, 1.165) is 18.0 Å². The Kier molecular flexibility index (Phi) is 5.56. The molecule has 0 atom stereocenters. The summed E-state index contributed by atoms with van der Waals surface area (Å²) < 4.78 is 39.9. The lowest BCUT2D eigenvalue weighted by Crippen LogP contribution is -2.16. The summed E-state index contributed by atoms with van der Waals surface area (Å²) in [5.41, 5.74) is 0.242. The molecule has 0 aliphatic rings. The highest BCUT2D eigenvalue weighted by atomic mass is 35.5. The summed E-state index contributed by atoms with van der Waals surface area (Å²) in [6.45, 7) is 0.357. The average molecular weight is 393 g/mol. The van der Waals surface area contributed by atoms with Crippen molar-refractivity contribution in [1.82, 2.24) is 9.97 Å². The maximum absolute atomic E-state index is 13.7. The third-order valence-electron chi connectivity index (χ3n) is 3.60. The van der Waals surface area contributed by atoms with Crippen LogP contribution in [-0.4, -0.2) is 15.9 Å². The number of amides is 1. The van der Waals surface area contributed by atoms with Gasteiger partial charge in [-0.15, -0.1) is 0 Å². The maximum atomic E-state index is 13.7. The van der Waals surface area contributed by atoms with Crippen LogP contribution >= 0.6 is 11.6 Å². The van der Waals surface area contributed by atoms with Gasteiger partial charge >= 0.3 is 0 Å². The van der Waals surface area contributed by atoms with Crippen LogP contribution in [0.1, 0.15) is 16.1 Å². The zero-order valence-electron chi connectivity index (χ0n) is 13.6. The average Bonchev–Trinajstić information content (AvgIpc) is 2.68. The third kappa shape index (κ3) is 4.35. The Morgan fingerprint density at radius 2 is 1.81 bits per heavy atom. The van der Waals surface area contributed by atoms with Crippen LogP contribution in [0.4, 0.5) is 24.7 Å². The van der Waals surface area contributed by atoms with E-state index in [4.69, 9.17) is 11.6 Å². The van der Waals surface area contributed by atoms with Crippen molar-refractivity contribution in [2.24, 2.45) is 0 Å². The monoisotopic (exact) mass is 392 g/mol. The number of hydrogen-bond donors (Lipinski definition) is 2. The molecule has 0 fully saturated rings. The number of nitrogens with one attached hydrogen (secondary N) is 2. The minimum atomic E-state index is -1.67. The molecule has 0 aliphatic carbocycles. The quantitative estimate of drug-likeness (QED) is 0.631. The zero-order chi connectivity index (χ0) is 19.4. The van der Waals surface area contributed by atoms with E-state index in [1.165, 1.54) is 6.07 Å². The van der Waals surface area contributed by atoms with Gasteiger partial charge in [-0.25, -0.2) is 23.1 Å². The van der Waals surface area contributed by atoms with E-state index in [1.807, 2.05) is 12.1 Å². The van der Waals surface area contributed by atoms with Crippen LogP contribution in [0.5, 0.6) is 0 Å². The van der Waals surface area contributed by atoms with Gasteiger partial charge in [-0.05, 0) is 23.8 Å². The van der Waals surface area contributed by atoms with Crippen LogP contribution in [0, 0.1) is 17.5 Å². The van der Waals surface area contributed by atoms with Crippen molar-refractivity contribution in [3.8, 4) is 0 Å². The van der Waals surface area contributed by atoms with E-state index < -0.39 is 29.0 Å². The van der Waals surface area contributed by atoms with Crippen molar-refractivity contribution in [3.05, 3.63) is 82.5 Å². The van der Waals surface area contributed by atoms with E-state index in [2.05, 4.69) is 20.6 Å². The first-order chi connectivity index (χ1) is 13.0. The molecule has 5 nitrogen and oxygen atoms in total. The second-order valence-corrected chi connectivity index (χ2v) is 5.82. The molecular formula is C18H12ClF3N4O. The fourth-order valence-corrected chi connectivity index (χ4v) is 2.42. The van der Waals surface area contributed by atoms with Crippen molar-refractivity contribution >= 4 is 29.0 Å². The topological polar surface area (TPSA) is 66.9 Å². The molecule has 9 heteroatoms. The first kappa shape index (κ1) is 18.7. The molecule has 0 unspecified atom stereocenters. The molecule has 0 bridgehead atoms. The lowest BCUT2D eigenvalue weighted by atomic mass is 10.2. The Morgan fingerprint density at radius 1 is 1.04 bits per heavy atom. The summed E-state index contributed by atoms with van der Waals surface area (Å²) in [4.78, 5) is 20.0. The number of halogens is 4. The van der Waals surface area contributed by atoms with Crippen LogP contribution in [0.2, 0.25) is 5.02 Å². The summed E-state index contributed by atoms with van der Waals surface area (Å²) in [7, 11) is 0. The molecule has 3 aromatic rings. The predicted octanol–water partition coefficient (Wildman–Crippen LogP) is 4.41. The summed E-state index contributed by atoms with van der Waals surface area (Å²) in [5.74, 6) is -4.98. The Balaban J connectivity index is 1.72. The first-order valence-corrected chi connectivity index (χ1v) is 8.07. The fraction of sp³-hybridized carbons (Fsp3) is 0.0556. The molecule has 138 valence electrons. The number of hydrogen-bond acceptors (Lipinski definition) is 4. The van der Waals surface area contributed by atoms with E-state index in [-0.39, 0.29) is 5.69 Å². The van der Waals surface area contributed by atoms with Crippen LogP contribution in [0.15, 0.2) is 48.8 Å². The Morgan fingerprint density at radius 3 is 2.59 bits per heavy atom. The second kappa shape index (κ2) is 8.05. The highest BCUT2D eigenvalue weighted by Gasteiger charge is 2.17. The minimum Gasteiger partial charge on any atom is -0.366 e. The van der Waals surface area contributed by atoms with Crippen LogP contribution < -0.4 is 10.6 Å². The van der Waals surface area contributed by atoms with Gasteiger partial charge in [0.2, 0.25) is 0 Å². The van der Waals surface area contributed by atoms with Crippen LogP contribution in [-0.2, 0) is 6.54 Å². The van der Waals surface area contributed by atoms with Gasteiger partial charge in [0, 0.05) is 17.6 Å². The van der Waals surface area contributed by atoms with Crippen LogP contribution in [0.25, 0.3) is 0 Å². The van der Waals surface area contributed by atoms with E-state index in [1.54, 1.807) is 12.1 Å². The molecule has 1 heterocycles. The van der Waals surface area contributed by atoms with E-state index >= 15 is 0 Å². The lowest BCUT2D eigenvalue weighted by molar-refractivity contribution is 0.102. The number of benzene rings is 2. The Bertz CT molecular complexity index is 1000. The largest absolute Gasteiger partial charge is 0.366 e. The van der Waals surface area contributed by atoms with Gasteiger partial charge in [-0.1, -0.05) is 29.8 Å². The first-order valence-electron chi connectivity index (χ1n) is 7.70. The molecule has 0 radical (unpaired) electrons. The second-order valence-electron chi connectivity index (χ2n) is 5.41. The maximum Gasteiger partial charge on any atom is 0.274 e. The standard InChI is InChI=1S/C18H12ClF3N4O/c19-11-4-2-1-3-10(11)8-23-15-7-14(24-9-25-15)18(27)26-13-6-5-12(20)16(21)17(13)22/h1-7,9H,8H2,(H,26,27)(H,23,24,25). The molecule has 2 N–H and O–H groups in total. The van der Waals surface area contributed by atoms with Crippen molar-refractivity contribution in [2.75, 3.05) is 10.6 Å². The number of nitrogens with zero attached hydrogens (tertiary/aromatic N) is 2. The van der Waals surface area contributed by atoms with Crippen molar-refractivity contribution < 1.29 is 18.0 Å². The van der Waals surface area contributed by atoms with E-state index in [0.29, 0.717) is 23.5 Å². The normalized spacial score (nSPS) is 10.5. The molecule has 3 rings (SSSR count). The summed E-state index contributed by atoms with van der Waals surface area (Å²) in [6.07, 6.45) is 1.14. The summed E-state index contributed by atoms with van der Waals surface area (Å²) in [6, 6.07) is 10.2. The molecule has 0 saturated carbocycles. The molecule has 2 aromatic carbocycles. The molecule has 1 amide bonds. The summed E-state index contributed by atoms with van der Waals surface area (Å²) in [5, 5.41) is 5.71. The van der Waals surface area contributed by atoms with Gasteiger partial charge in [-0.3, -0.25) is 4.79 Å². The van der Waals surface area contributed by atoms with Gasteiger partial charge in [0.25, 0.3) is 5.91 Å². The van der Waals surface area contributed by atoms with Crippen LogP contribution in [0.3, 0.4) is 0 Å². The number of aromatic nitrogens is 2.